The van der Waals surface area contributed by atoms with Crippen LogP contribution in [0.3, 0.4) is 0 Å². The molecular weight excluding hydrogens is 226 g/mol. The van der Waals surface area contributed by atoms with Crippen LogP contribution in [0, 0.1) is 17.2 Å². The van der Waals surface area contributed by atoms with E-state index in [1.165, 1.54) is 12.8 Å². The Morgan fingerprint density at radius 1 is 1.56 bits per heavy atom. The van der Waals surface area contributed by atoms with Gasteiger partial charge in [-0.3, -0.25) is 0 Å². The lowest BCUT2D eigenvalue weighted by Crippen LogP contribution is -2.44. The summed E-state index contributed by atoms with van der Waals surface area (Å²) in [5, 5.41) is 12.6. The zero-order valence-corrected chi connectivity index (χ0v) is 10.9. The number of ether oxygens (including phenoxy) is 1. The minimum atomic E-state index is -0.141. The Balaban J connectivity index is 2.29. The first-order chi connectivity index (χ1) is 8.62. The predicted octanol–water partition coefficient (Wildman–Crippen LogP) is 2.11. The number of nitrogens with one attached hydrogen (secondary N) is 1. The monoisotopic (exact) mass is 245 g/mol. The average molecular weight is 245 g/mol. The number of rotatable bonds is 5. The highest BCUT2D eigenvalue weighted by Gasteiger charge is 2.40. The first kappa shape index (κ1) is 12.7. The van der Waals surface area contributed by atoms with Gasteiger partial charge in [0.25, 0.3) is 0 Å². The van der Waals surface area contributed by atoms with Gasteiger partial charge >= 0.3 is 0 Å². The third kappa shape index (κ3) is 2.41. The Hall–Kier alpha value is -1.73. The molecule has 0 aliphatic heterocycles. The van der Waals surface area contributed by atoms with E-state index in [0.717, 1.165) is 11.4 Å². The molecule has 0 radical (unpaired) electrons. The number of benzene rings is 1. The highest BCUT2D eigenvalue weighted by atomic mass is 16.5. The Bertz CT molecular complexity index is 476. The normalized spacial score (nSPS) is 17.7. The van der Waals surface area contributed by atoms with Crippen molar-refractivity contribution in [2.45, 2.75) is 25.3 Å². The van der Waals surface area contributed by atoms with E-state index in [9.17, 15) is 0 Å². The van der Waals surface area contributed by atoms with Gasteiger partial charge in [0.2, 0.25) is 0 Å². The average Bonchev–Trinajstić information content (AvgIpc) is 3.23. The number of hydrogen-bond donors (Lipinski definition) is 2. The van der Waals surface area contributed by atoms with E-state index >= 15 is 0 Å². The summed E-state index contributed by atoms with van der Waals surface area (Å²) in [4.78, 5) is 0. The number of hydrogen-bond acceptors (Lipinski definition) is 4. The summed E-state index contributed by atoms with van der Waals surface area (Å²) in [5.74, 6) is 1.34. The van der Waals surface area contributed by atoms with Gasteiger partial charge in [-0.15, -0.1) is 0 Å². The van der Waals surface area contributed by atoms with E-state index < -0.39 is 0 Å². The van der Waals surface area contributed by atoms with Crippen LogP contribution in [0.5, 0.6) is 5.75 Å². The summed E-state index contributed by atoms with van der Waals surface area (Å²) < 4.78 is 5.20. The third-order valence-corrected chi connectivity index (χ3v) is 3.67. The van der Waals surface area contributed by atoms with E-state index in [0.29, 0.717) is 18.0 Å². The van der Waals surface area contributed by atoms with E-state index in [1.807, 2.05) is 6.07 Å². The van der Waals surface area contributed by atoms with Crippen molar-refractivity contribution < 1.29 is 4.74 Å². The Morgan fingerprint density at radius 3 is 2.78 bits per heavy atom. The highest BCUT2D eigenvalue weighted by Crippen LogP contribution is 2.41. The van der Waals surface area contributed by atoms with Gasteiger partial charge in [-0.05, 0) is 37.8 Å². The molecule has 1 aliphatic carbocycles. The second-order valence-corrected chi connectivity index (χ2v) is 5.04. The van der Waals surface area contributed by atoms with Crippen molar-refractivity contribution in [1.29, 1.82) is 5.26 Å². The van der Waals surface area contributed by atoms with Crippen LogP contribution in [0.15, 0.2) is 18.2 Å². The van der Waals surface area contributed by atoms with Crippen LogP contribution in [-0.2, 0) is 0 Å². The van der Waals surface area contributed by atoms with Crippen molar-refractivity contribution in [1.82, 2.24) is 0 Å². The van der Waals surface area contributed by atoms with Crippen molar-refractivity contribution in [3.63, 3.8) is 0 Å². The molecular formula is C14H19N3O. The van der Waals surface area contributed by atoms with Crippen molar-refractivity contribution in [2.24, 2.45) is 11.7 Å². The molecule has 1 aromatic carbocycles. The summed E-state index contributed by atoms with van der Waals surface area (Å²) in [5.41, 5.74) is 7.16. The minimum Gasteiger partial charge on any atom is -0.497 e. The number of nitrogens with two attached hydrogens (primary N) is 1. The van der Waals surface area contributed by atoms with Gasteiger partial charge < -0.3 is 15.8 Å². The molecule has 96 valence electrons. The van der Waals surface area contributed by atoms with Gasteiger partial charge in [0.05, 0.1) is 18.4 Å². The molecule has 0 amide bonds. The maximum Gasteiger partial charge on any atom is 0.121 e. The van der Waals surface area contributed by atoms with Crippen molar-refractivity contribution in [2.75, 3.05) is 19.0 Å². The lowest BCUT2D eigenvalue weighted by atomic mass is 9.95. The number of anilines is 1. The van der Waals surface area contributed by atoms with Gasteiger partial charge in [-0.2, -0.15) is 5.26 Å². The second kappa shape index (κ2) is 4.87. The molecule has 1 unspecified atom stereocenters. The molecule has 0 aromatic heterocycles. The van der Waals surface area contributed by atoms with Crippen LogP contribution in [0.25, 0.3) is 0 Å². The van der Waals surface area contributed by atoms with Crippen LogP contribution in [0.1, 0.15) is 25.3 Å². The van der Waals surface area contributed by atoms with Crippen molar-refractivity contribution in [3.8, 4) is 11.8 Å². The van der Waals surface area contributed by atoms with Crippen molar-refractivity contribution in [3.05, 3.63) is 23.8 Å². The van der Waals surface area contributed by atoms with Crippen LogP contribution < -0.4 is 15.8 Å². The van der Waals surface area contributed by atoms with Crippen molar-refractivity contribution >= 4 is 5.69 Å². The number of methoxy groups -OCH3 is 1. The van der Waals surface area contributed by atoms with Crippen LogP contribution >= 0.6 is 0 Å². The largest absolute Gasteiger partial charge is 0.497 e. The first-order valence-electron chi connectivity index (χ1n) is 6.19. The zero-order chi connectivity index (χ0) is 13.2. The quantitative estimate of drug-likeness (QED) is 0.833. The fraction of sp³-hybridized carbons (Fsp3) is 0.500. The third-order valence-electron chi connectivity index (χ3n) is 3.67. The SMILES string of the molecule is COc1ccc(C#N)c(NC(C)(CN)C2CC2)c1. The molecule has 1 saturated carbocycles. The van der Waals surface area contributed by atoms with E-state index in [1.54, 1.807) is 19.2 Å². The molecule has 4 nitrogen and oxygen atoms in total. The summed E-state index contributed by atoms with van der Waals surface area (Å²) in [6.07, 6.45) is 2.40. The second-order valence-electron chi connectivity index (χ2n) is 5.04. The molecule has 1 fully saturated rings. The van der Waals surface area contributed by atoms with E-state index in [4.69, 9.17) is 15.7 Å². The standard InChI is InChI=1S/C14H19N3O/c1-14(9-16,11-4-5-11)17-13-7-12(18-2)6-3-10(13)8-15/h3,6-7,11,17H,4-5,9,16H2,1-2H3. The highest BCUT2D eigenvalue weighted by molar-refractivity contribution is 5.61. The maximum atomic E-state index is 9.14. The molecule has 3 N–H and O–H groups in total. The molecule has 18 heavy (non-hydrogen) atoms. The molecule has 4 heteroatoms. The molecule has 0 spiro atoms. The Kier molecular flexibility index (Phi) is 3.44. The smallest absolute Gasteiger partial charge is 0.121 e. The summed E-state index contributed by atoms with van der Waals surface area (Å²) in [6.45, 7) is 2.67. The lowest BCUT2D eigenvalue weighted by Gasteiger charge is -2.31. The Morgan fingerprint density at radius 2 is 2.28 bits per heavy atom. The summed E-state index contributed by atoms with van der Waals surface area (Å²) in [7, 11) is 1.62. The number of nitrogens with zero attached hydrogens (tertiary/aromatic N) is 1. The van der Waals surface area contributed by atoms with Gasteiger partial charge in [0, 0.05) is 18.2 Å². The molecule has 0 bridgehead atoms. The van der Waals surface area contributed by atoms with Crippen LogP contribution in [0.2, 0.25) is 0 Å². The van der Waals surface area contributed by atoms with Gasteiger partial charge in [0.1, 0.15) is 11.8 Å². The minimum absolute atomic E-state index is 0.141. The van der Waals surface area contributed by atoms with Crippen LogP contribution in [-0.4, -0.2) is 19.2 Å². The molecule has 0 saturated heterocycles. The van der Waals surface area contributed by atoms with Gasteiger partial charge in [-0.25, -0.2) is 0 Å². The maximum absolute atomic E-state index is 9.14. The molecule has 0 heterocycles. The van der Waals surface area contributed by atoms with E-state index in [2.05, 4.69) is 18.3 Å². The Labute approximate surface area is 108 Å². The lowest BCUT2D eigenvalue weighted by molar-refractivity contribution is 0.414. The molecule has 1 atom stereocenters. The topological polar surface area (TPSA) is 71.1 Å². The van der Waals surface area contributed by atoms with Crippen LogP contribution in [0.4, 0.5) is 5.69 Å². The summed E-state index contributed by atoms with van der Waals surface area (Å²) >= 11 is 0. The van der Waals surface area contributed by atoms with Gasteiger partial charge in [-0.1, -0.05) is 0 Å². The zero-order valence-electron chi connectivity index (χ0n) is 10.9. The summed E-state index contributed by atoms with van der Waals surface area (Å²) in [6, 6.07) is 7.61. The predicted molar refractivity (Wildman–Crippen MR) is 71.5 cm³/mol. The molecule has 1 aromatic rings. The fourth-order valence-electron chi connectivity index (χ4n) is 2.20. The fourth-order valence-corrected chi connectivity index (χ4v) is 2.20. The molecule has 2 rings (SSSR count). The van der Waals surface area contributed by atoms with E-state index in [-0.39, 0.29) is 5.54 Å². The molecule has 1 aliphatic rings. The van der Waals surface area contributed by atoms with Gasteiger partial charge in [0.15, 0.2) is 0 Å². The first-order valence-corrected chi connectivity index (χ1v) is 6.19. The number of nitriles is 1.